The lowest BCUT2D eigenvalue weighted by molar-refractivity contribution is -0.157. The van der Waals surface area contributed by atoms with Crippen LogP contribution in [0, 0.1) is 0 Å². The summed E-state index contributed by atoms with van der Waals surface area (Å²) in [6.45, 7) is 1.13. The maximum atomic E-state index is 10.5. The summed E-state index contributed by atoms with van der Waals surface area (Å²) >= 11 is 0. The molecule has 0 radical (unpaired) electrons. The van der Waals surface area contributed by atoms with Crippen molar-refractivity contribution >= 4 is 17.9 Å². The molecule has 0 saturated heterocycles. The molecule has 0 aliphatic carbocycles. The Morgan fingerprint density at radius 2 is 1.47 bits per heavy atom. The molecule has 0 aliphatic heterocycles. The average Bonchev–Trinajstić information content (AvgIpc) is 2.11. The first-order valence-electron chi connectivity index (χ1n) is 3.90. The molecule has 3 unspecified atom stereocenters. The highest BCUT2D eigenvalue weighted by Gasteiger charge is 2.34. The molecule has 0 aromatic carbocycles. The smallest absolute Gasteiger partial charge is 0.334 e. The first-order valence-corrected chi connectivity index (χ1v) is 3.90. The molecule has 0 aliphatic rings. The number of rotatable bonds is 6. The third-order valence-electron chi connectivity index (χ3n) is 1.63. The van der Waals surface area contributed by atoms with Gasteiger partial charge in [-0.1, -0.05) is 0 Å². The van der Waals surface area contributed by atoms with Crippen LogP contribution in [0.15, 0.2) is 0 Å². The van der Waals surface area contributed by atoms with Gasteiger partial charge < -0.3 is 20.4 Å². The second-order valence-corrected chi connectivity index (χ2v) is 2.83. The van der Waals surface area contributed by atoms with Crippen LogP contribution in [0.2, 0.25) is 0 Å². The third-order valence-corrected chi connectivity index (χ3v) is 1.63. The minimum Gasteiger partial charge on any atom is -0.480 e. The van der Waals surface area contributed by atoms with Crippen LogP contribution in [-0.2, 0) is 14.4 Å². The fourth-order valence-electron chi connectivity index (χ4n) is 0.781. The molecule has 0 aromatic rings. The van der Waals surface area contributed by atoms with Gasteiger partial charge in [0.1, 0.15) is 12.1 Å². The summed E-state index contributed by atoms with van der Waals surface area (Å²) in [6, 6.07) is -3.14. The summed E-state index contributed by atoms with van der Waals surface area (Å²) in [5.41, 5.74) is 0. The second kappa shape index (κ2) is 5.27. The van der Waals surface area contributed by atoms with Crippen molar-refractivity contribution in [2.45, 2.75) is 25.1 Å². The predicted octanol–water partition coefficient (Wildman–Crippen LogP) is -2.05. The summed E-state index contributed by atoms with van der Waals surface area (Å²) < 4.78 is 0. The van der Waals surface area contributed by atoms with Gasteiger partial charge in [-0.25, -0.2) is 4.79 Å². The lowest BCUT2D eigenvalue weighted by atomic mass is 10.1. The summed E-state index contributed by atoms with van der Waals surface area (Å²) in [6.07, 6.45) is -2.20. The fraction of sp³-hybridized carbons (Fsp3) is 0.571. The normalized spacial score (nSPS) is 16.4. The summed E-state index contributed by atoms with van der Waals surface area (Å²) in [5.74, 6) is -4.73. The maximum Gasteiger partial charge on any atom is 0.334 e. The van der Waals surface area contributed by atoms with Gasteiger partial charge in [-0.15, -0.1) is 0 Å². The molecule has 0 heterocycles. The van der Waals surface area contributed by atoms with E-state index >= 15 is 0 Å². The van der Waals surface area contributed by atoms with Crippen LogP contribution in [0.4, 0.5) is 0 Å². The Bertz CT molecular complexity index is 277. The van der Waals surface area contributed by atoms with Crippen molar-refractivity contribution in [3.8, 4) is 0 Å². The molecule has 0 aromatic heterocycles. The number of carboxylic acid groups (broad SMARTS) is 3. The lowest BCUT2D eigenvalue weighted by Crippen LogP contribution is -2.54. The van der Waals surface area contributed by atoms with Crippen molar-refractivity contribution in [1.82, 2.24) is 5.32 Å². The molecule has 8 heteroatoms. The molecule has 0 saturated carbocycles. The number of aliphatic hydroxyl groups is 1. The zero-order valence-electron chi connectivity index (χ0n) is 7.75. The van der Waals surface area contributed by atoms with Crippen LogP contribution in [0.25, 0.3) is 0 Å². The molecular formula is C7H11NO7. The van der Waals surface area contributed by atoms with Crippen LogP contribution in [0.1, 0.15) is 6.92 Å². The highest BCUT2D eigenvalue weighted by Crippen LogP contribution is 1.97. The van der Waals surface area contributed by atoms with Crippen molar-refractivity contribution in [2.75, 3.05) is 0 Å². The third kappa shape index (κ3) is 3.92. The van der Waals surface area contributed by atoms with Gasteiger partial charge in [0.05, 0.1) is 0 Å². The number of hydrogen-bond donors (Lipinski definition) is 5. The van der Waals surface area contributed by atoms with Crippen LogP contribution >= 0.6 is 0 Å². The van der Waals surface area contributed by atoms with Crippen molar-refractivity contribution in [3.63, 3.8) is 0 Å². The van der Waals surface area contributed by atoms with E-state index in [0.29, 0.717) is 0 Å². The first-order chi connectivity index (χ1) is 6.77. The summed E-state index contributed by atoms with van der Waals surface area (Å²) in [5, 5.41) is 36.3. The minimum absolute atomic E-state index is 1.13. The Morgan fingerprint density at radius 3 is 1.73 bits per heavy atom. The predicted molar refractivity (Wildman–Crippen MR) is 45.3 cm³/mol. The van der Waals surface area contributed by atoms with E-state index in [4.69, 9.17) is 20.4 Å². The topological polar surface area (TPSA) is 144 Å². The number of nitrogens with one attached hydrogen (secondary N) is 1. The van der Waals surface area contributed by atoms with E-state index in [-0.39, 0.29) is 0 Å². The largest absolute Gasteiger partial charge is 0.480 e. The standard InChI is InChI=1S/C7H11NO7/c1-2(5(10)11)8-3(6(12)13)4(9)7(14)15/h2-4,8-9H,1H3,(H,10,11)(H,12,13)(H,14,15). The molecule has 0 spiro atoms. The SMILES string of the molecule is CC(NC(C(=O)O)C(O)C(=O)O)C(=O)O. The van der Waals surface area contributed by atoms with Crippen LogP contribution in [-0.4, -0.2) is 56.5 Å². The van der Waals surface area contributed by atoms with Gasteiger partial charge in [0.2, 0.25) is 0 Å². The first kappa shape index (κ1) is 13.3. The highest BCUT2D eigenvalue weighted by molar-refractivity contribution is 5.85. The molecular weight excluding hydrogens is 210 g/mol. The molecule has 0 fully saturated rings. The zero-order chi connectivity index (χ0) is 12.2. The van der Waals surface area contributed by atoms with Gasteiger partial charge in [-0.3, -0.25) is 14.9 Å². The minimum atomic E-state index is -2.20. The summed E-state index contributed by atoms with van der Waals surface area (Å²) in [4.78, 5) is 31.2. The molecule has 5 N–H and O–H groups in total. The van der Waals surface area contributed by atoms with E-state index < -0.39 is 36.1 Å². The average molecular weight is 221 g/mol. The van der Waals surface area contributed by atoms with Gasteiger partial charge in [0, 0.05) is 0 Å². The van der Waals surface area contributed by atoms with E-state index in [2.05, 4.69) is 0 Å². The molecule has 0 bridgehead atoms. The van der Waals surface area contributed by atoms with Gasteiger partial charge in [0.15, 0.2) is 6.10 Å². The van der Waals surface area contributed by atoms with Gasteiger partial charge in [-0.2, -0.15) is 0 Å². The maximum absolute atomic E-state index is 10.5. The second-order valence-electron chi connectivity index (χ2n) is 2.83. The fourth-order valence-corrected chi connectivity index (χ4v) is 0.781. The molecule has 86 valence electrons. The van der Waals surface area contributed by atoms with Crippen molar-refractivity contribution < 1.29 is 34.8 Å². The Hall–Kier alpha value is -1.67. The number of aliphatic carboxylic acids is 3. The number of hydrogen-bond acceptors (Lipinski definition) is 5. The number of carboxylic acids is 3. The van der Waals surface area contributed by atoms with E-state index in [1.54, 1.807) is 0 Å². The molecule has 8 nitrogen and oxygen atoms in total. The van der Waals surface area contributed by atoms with Crippen molar-refractivity contribution in [1.29, 1.82) is 0 Å². The molecule has 15 heavy (non-hydrogen) atoms. The highest BCUT2D eigenvalue weighted by atomic mass is 16.4. The van der Waals surface area contributed by atoms with E-state index in [0.717, 1.165) is 6.92 Å². The van der Waals surface area contributed by atoms with Gasteiger partial charge in [0.25, 0.3) is 0 Å². The van der Waals surface area contributed by atoms with E-state index in [1.165, 1.54) is 0 Å². The van der Waals surface area contributed by atoms with Gasteiger partial charge >= 0.3 is 17.9 Å². The Labute approximate surface area is 84.1 Å². The lowest BCUT2D eigenvalue weighted by Gasteiger charge is -2.19. The van der Waals surface area contributed by atoms with Crippen molar-refractivity contribution in [2.24, 2.45) is 0 Å². The van der Waals surface area contributed by atoms with Gasteiger partial charge in [-0.05, 0) is 6.92 Å². The van der Waals surface area contributed by atoms with Crippen LogP contribution in [0.3, 0.4) is 0 Å². The molecule has 3 atom stereocenters. The number of carbonyl (C=O) groups is 3. The zero-order valence-corrected chi connectivity index (χ0v) is 7.75. The molecule has 0 rings (SSSR count). The Morgan fingerprint density at radius 1 is 1.00 bits per heavy atom. The van der Waals surface area contributed by atoms with Crippen LogP contribution < -0.4 is 5.32 Å². The number of aliphatic hydroxyl groups excluding tert-OH is 1. The monoisotopic (exact) mass is 221 g/mol. The van der Waals surface area contributed by atoms with E-state index in [9.17, 15) is 14.4 Å². The van der Waals surface area contributed by atoms with E-state index in [1.807, 2.05) is 5.32 Å². The van der Waals surface area contributed by atoms with Crippen LogP contribution in [0.5, 0.6) is 0 Å². The Kier molecular flexibility index (Phi) is 4.68. The quantitative estimate of drug-likeness (QED) is 0.344. The summed E-state index contributed by atoms with van der Waals surface area (Å²) in [7, 11) is 0. The van der Waals surface area contributed by atoms with Crippen molar-refractivity contribution in [3.05, 3.63) is 0 Å². The molecule has 0 amide bonds. The Balaban J connectivity index is 4.62.